The molecule has 1 amide bonds. The van der Waals surface area contributed by atoms with Crippen molar-refractivity contribution < 1.29 is 4.79 Å². The van der Waals surface area contributed by atoms with E-state index in [9.17, 15) is 9.59 Å². The molecule has 0 aliphatic carbocycles. The van der Waals surface area contributed by atoms with E-state index in [1.54, 1.807) is 16.7 Å². The van der Waals surface area contributed by atoms with Gasteiger partial charge in [0.05, 0.1) is 23.2 Å². The lowest BCUT2D eigenvalue weighted by Gasteiger charge is -2.30. The Kier molecular flexibility index (Phi) is 7.21. The molecule has 30 heavy (non-hydrogen) atoms. The fraction of sp³-hybridized carbons (Fsp3) is 0.348. The lowest BCUT2D eigenvalue weighted by molar-refractivity contribution is -0.131. The summed E-state index contributed by atoms with van der Waals surface area (Å²) in [6, 6.07) is 14.9. The smallest absolute Gasteiger partial charge is 0.262 e. The number of fused-ring (bicyclic) bond motifs is 1. The van der Waals surface area contributed by atoms with Gasteiger partial charge in [-0.15, -0.1) is 0 Å². The summed E-state index contributed by atoms with van der Waals surface area (Å²) in [6.07, 6.45) is 0. The zero-order valence-electron chi connectivity index (χ0n) is 17.6. The number of rotatable bonds is 7. The van der Waals surface area contributed by atoms with Crippen molar-refractivity contribution in [3.63, 3.8) is 0 Å². The molecule has 0 N–H and O–H groups in total. The molecule has 0 fully saturated rings. The average molecular weight is 444 g/mol. The molecule has 7 heteroatoms. The molecule has 3 aromatic rings. The van der Waals surface area contributed by atoms with E-state index >= 15 is 0 Å². The molecule has 2 aromatic carbocycles. The van der Waals surface area contributed by atoms with Crippen LogP contribution in [0.2, 0.25) is 5.02 Å². The van der Waals surface area contributed by atoms with Gasteiger partial charge in [-0.2, -0.15) is 0 Å². The number of halogens is 1. The molecule has 0 aliphatic rings. The molecule has 0 aliphatic heterocycles. The Balaban J connectivity index is 1.99. The molecule has 0 atom stereocenters. The number of thioether (sulfide) groups is 1. The number of hydrogen-bond acceptors (Lipinski definition) is 4. The highest BCUT2D eigenvalue weighted by atomic mass is 35.5. The van der Waals surface area contributed by atoms with E-state index in [0.717, 1.165) is 5.56 Å². The van der Waals surface area contributed by atoms with Gasteiger partial charge in [0.2, 0.25) is 5.91 Å². The topological polar surface area (TPSA) is 55.2 Å². The third kappa shape index (κ3) is 4.87. The van der Waals surface area contributed by atoms with Crippen LogP contribution in [-0.4, -0.2) is 38.2 Å². The minimum atomic E-state index is -0.139. The highest BCUT2D eigenvalue weighted by Gasteiger charge is 2.21. The van der Waals surface area contributed by atoms with Crippen molar-refractivity contribution in [3.05, 3.63) is 69.5 Å². The Morgan fingerprint density at radius 3 is 2.37 bits per heavy atom. The quantitative estimate of drug-likeness (QED) is 0.387. The maximum absolute atomic E-state index is 13.2. The van der Waals surface area contributed by atoms with Crippen LogP contribution < -0.4 is 5.56 Å². The van der Waals surface area contributed by atoms with E-state index in [1.807, 2.05) is 69.0 Å². The summed E-state index contributed by atoms with van der Waals surface area (Å²) < 4.78 is 1.61. The summed E-state index contributed by atoms with van der Waals surface area (Å²) in [7, 11) is 0. The van der Waals surface area contributed by atoms with Gasteiger partial charge in [0, 0.05) is 17.1 Å². The normalized spacial score (nSPS) is 11.4. The van der Waals surface area contributed by atoms with Crippen molar-refractivity contribution >= 4 is 40.2 Å². The van der Waals surface area contributed by atoms with Crippen molar-refractivity contribution in [2.45, 2.75) is 51.5 Å². The average Bonchev–Trinajstić information content (AvgIpc) is 2.69. The Bertz CT molecular complexity index is 1100. The van der Waals surface area contributed by atoms with Crippen LogP contribution in [0, 0.1) is 0 Å². The van der Waals surface area contributed by atoms with E-state index in [2.05, 4.69) is 0 Å². The first-order valence-corrected chi connectivity index (χ1v) is 11.3. The number of para-hydroxylation sites is 1. The molecule has 1 heterocycles. The van der Waals surface area contributed by atoms with Gasteiger partial charge >= 0.3 is 0 Å². The molecule has 1 aromatic heterocycles. The first-order chi connectivity index (χ1) is 14.3. The largest absolute Gasteiger partial charge is 0.337 e. The highest BCUT2D eigenvalue weighted by molar-refractivity contribution is 7.99. The van der Waals surface area contributed by atoms with Crippen LogP contribution in [0.5, 0.6) is 0 Å². The Morgan fingerprint density at radius 1 is 1.07 bits per heavy atom. The van der Waals surface area contributed by atoms with Crippen molar-refractivity contribution in [3.8, 4) is 0 Å². The third-order valence-corrected chi connectivity index (χ3v) is 6.17. The Labute approximate surface area is 186 Å². The summed E-state index contributed by atoms with van der Waals surface area (Å²) in [5, 5.41) is 1.65. The number of amides is 1. The van der Waals surface area contributed by atoms with E-state index in [0.29, 0.717) is 27.6 Å². The zero-order valence-corrected chi connectivity index (χ0v) is 19.2. The fourth-order valence-electron chi connectivity index (χ4n) is 3.57. The lowest BCUT2D eigenvalue weighted by Crippen LogP contribution is -2.43. The van der Waals surface area contributed by atoms with Crippen LogP contribution in [0.25, 0.3) is 10.9 Å². The molecule has 0 saturated carbocycles. The third-order valence-electron chi connectivity index (χ3n) is 4.84. The summed E-state index contributed by atoms with van der Waals surface area (Å²) in [4.78, 5) is 32.6. The predicted octanol–water partition coefficient (Wildman–Crippen LogP) is 4.84. The summed E-state index contributed by atoms with van der Waals surface area (Å²) >= 11 is 7.62. The molecule has 3 rings (SSSR count). The number of nitrogens with zero attached hydrogens (tertiary/aromatic N) is 3. The molecule has 0 spiro atoms. The lowest BCUT2D eigenvalue weighted by atomic mass is 10.2. The van der Waals surface area contributed by atoms with Crippen LogP contribution in [0.3, 0.4) is 0 Å². The number of carbonyl (C=O) groups excluding carboxylic acids is 1. The molecule has 158 valence electrons. The molecule has 0 saturated heterocycles. The molecule has 0 radical (unpaired) electrons. The minimum absolute atomic E-state index is 0.0247. The summed E-state index contributed by atoms with van der Waals surface area (Å²) in [5.41, 5.74) is 1.31. The van der Waals surface area contributed by atoms with Gasteiger partial charge in [0.15, 0.2) is 5.16 Å². The first kappa shape index (κ1) is 22.4. The van der Waals surface area contributed by atoms with Gasteiger partial charge in [-0.05, 0) is 51.5 Å². The highest BCUT2D eigenvalue weighted by Crippen LogP contribution is 2.22. The summed E-state index contributed by atoms with van der Waals surface area (Å²) in [6.45, 7) is 8.31. The van der Waals surface area contributed by atoms with Crippen molar-refractivity contribution in [2.75, 3.05) is 5.75 Å². The minimum Gasteiger partial charge on any atom is -0.337 e. The molecule has 0 bridgehead atoms. The number of aromatic nitrogens is 2. The van der Waals surface area contributed by atoms with E-state index in [1.165, 1.54) is 11.8 Å². The second kappa shape index (κ2) is 9.67. The van der Waals surface area contributed by atoms with Gasteiger partial charge in [-0.25, -0.2) is 4.98 Å². The second-order valence-corrected chi connectivity index (χ2v) is 9.02. The van der Waals surface area contributed by atoms with Crippen molar-refractivity contribution in [1.82, 2.24) is 14.5 Å². The molecular formula is C23H26ClN3O2S. The van der Waals surface area contributed by atoms with Gasteiger partial charge < -0.3 is 4.90 Å². The number of hydrogen-bond donors (Lipinski definition) is 0. The molecule has 5 nitrogen and oxygen atoms in total. The second-order valence-electron chi connectivity index (χ2n) is 7.67. The maximum Gasteiger partial charge on any atom is 0.262 e. The van der Waals surface area contributed by atoms with Crippen LogP contribution in [0.1, 0.15) is 33.3 Å². The Morgan fingerprint density at radius 2 is 1.70 bits per heavy atom. The van der Waals surface area contributed by atoms with Crippen LogP contribution >= 0.6 is 23.4 Å². The fourth-order valence-corrected chi connectivity index (χ4v) is 4.63. The van der Waals surface area contributed by atoms with Crippen LogP contribution in [0.15, 0.2) is 58.5 Å². The number of carbonyl (C=O) groups is 1. The monoisotopic (exact) mass is 443 g/mol. The standard InChI is InChI=1S/C23H26ClN3O2S/c1-15(2)27(16(3)4)21(28)14-30-23-25-20-12-8-6-10-18(20)22(29)26(23)13-17-9-5-7-11-19(17)24/h5-12,15-16H,13-14H2,1-4H3. The van der Waals surface area contributed by atoms with Crippen molar-refractivity contribution in [2.24, 2.45) is 0 Å². The maximum atomic E-state index is 13.2. The van der Waals surface area contributed by atoms with Gasteiger partial charge in [-0.1, -0.05) is 53.7 Å². The molecular weight excluding hydrogens is 418 g/mol. The van der Waals surface area contributed by atoms with Crippen LogP contribution in [-0.2, 0) is 11.3 Å². The van der Waals surface area contributed by atoms with Gasteiger partial charge in [0.25, 0.3) is 5.56 Å². The Hall–Kier alpha value is -2.31. The van der Waals surface area contributed by atoms with Gasteiger partial charge in [-0.3, -0.25) is 14.2 Å². The van der Waals surface area contributed by atoms with Crippen LogP contribution in [0.4, 0.5) is 0 Å². The van der Waals surface area contributed by atoms with Gasteiger partial charge in [0.1, 0.15) is 0 Å². The van der Waals surface area contributed by atoms with E-state index in [4.69, 9.17) is 16.6 Å². The van der Waals surface area contributed by atoms with Crippen molar-refractivity contribution in [1.29, 1.82) is 0 Å². The van der Waals surface area contributed by atoms with E-state index in [-0.39, 0.29) is 29.3 Å². The summed E-state index contributed by atoms with van der Waals surface area (Å²) in [5.74, 6) is 0.237. The first-order valence-electron chi connectivity index (χ1n) is 9.96. The predicted molar refractivity (Wildman–Crippen MR) is 124 cm³/mol. The SMILES string of the molecule is CC(C)N(C(=O)CSc1nc2ccccc2c(=O)n1Cc1ccccc1Cl)C(C)C. The zero-order chi connectivity index (χ0) is 21.8. The van der Waals surface area contributed by atoms with E-state index < -0.39 is 0 Å². The number of benzene rings is 2. The molecule has 0 unspecified atom stereocenters.